The number of aromatic hydroxyl groups is 1. The first-order valence-corrected chi connectivity index (χ1v) is 4.96. The van der Waals surface area contributed by atoms with E-state index in [1.807, 2.05) is 0 Å². The highest BCUT2D eigenvalue weighted by Crippen LogP contribution is 2.25. The summed E-state index contributed by atoms with van der Waals surface area (Å²) in [5.74, 6) is 0.513. The molecule has 0 aliphatic rings. The lowest BCUT2D eigenvalue weighted by atomic mass is 10.2. The normalized spacial score (nSPS) is 11.5. The van der Waals surface area contributed by atoms with Crippen molar-refractivity contribution < 1.29 is 27.8 Å². The zero-order valence-electron chi connectivity index (χ0n) is 9.25. The molecule has 0 spiro atoms. The minimum Gasteiger partial charge on any atom is -0.508 e. The molecular weight excluding hydrogens is 237 g/mol. The summed E-state index contributed by atoms with van der Waals surface area (Å²) >= 11 is 0. The van der Waals surface area contributed by atoms with Crippen LogP contribution in [0.4, 0.5) is 13.2 Å². The van der Waals surface area contributed by atoms with Gasteiger partial charge in [-0.15, -0.1) is 0 Å². The van der Waals surface area contributed by atoms with Gasteiger partial charge in [-0.25, -0.2) is 0 Å². The van der Waals surface area contributed by atoms with E-state index in [-0.39, 0.29) is 19.0 Å². The Morgan fingerprint density at radius 3 is 2.59 bits per heavy atom. The Labute approximate surface area is 96.8 Å². The summed E-state index contributed by atoms with van der Waals surface area (Å²) < 4.78 is 44.7. The lowest BCUT2D eigenvalue weighted by molar-refractivity contribution is -0.175. The van der Waals surface area contributed by atoms with Crippen LogP contribution in [0.25, 0.3) is 0 Å². The Hall–Kier alpha value is -1.43. The van der Waals surface area contributed by atoms with E-state index in [2.05, 4.69) is 4.74 Å². The van der Waals surface area contributed by atoms with E-state index in [4.69, 9.17) is 4.74 Å². The van der Waals surface area contributed by atoms with E-state index >= 15 is 0 Å². The number of hydrogen-bond acceptors (Lipinski definition) is 3. The molecule has 1 aromatic carbocycles. The van der Waals surface area contributed by atoms with Crippen LogP contribution >= 0.6 is 0 Å². The minimum atomic E-state index is -4.32. The van der Waals surface area contributed by atoms with Crippen molar-refractivity contribution >= 4 is 0 Å². The molecule has 1 aromatic rings. The van der Waals surface area contributed by atoms with Crippen molar-refractivity contribution in [2.24, 2.45) is 0 Å². The molecule has 0 unspecified atom stereocenters. The third-order valence-electron chi connectivity index (χ3n) is 2.01. The highest BCUT2D eigenvalue weighted by Gasteiger charge is 2.27. The second-order valence-corrected chi connectivity index (χ2v) is 3.42. The second-order valence-electron chi connectivity index (χ2n) is 3.42. The molecule has 0 saturated heterocycles. The number of ether oxygens (including phenoxy) is 2. The van der Waals surface area contributed by atoms with Gasteiger partial charge in [0.05, 0.1) is 6.61 Å². The summed E-state index contributed by atoms with van der Waals surface area (Å²) in [5.41, 5.74) is 0.545. The largest absolute Gasteiger partial charge is 0.508 e. The van der Waals surface area contributed by atoms with Gasteiger partial charge < -0.3 is 14.6 Å². The number of rotatable bonds is 5. The van der Waals surface area contributed by atoms with E-state index in [0.29, 0.717) is 11.3 Å². The minimum absolute atomic E-state index is 0.000370. The Kier molecular flexibility index (Phi) is 4.62. The van der Waals surface area contributed by atoms with Gasteiger partial charge in [0.15, 0.2) is 0 Å². The average molecular weight is 250 g/mol. The van der Waals surface area contributed by atoms with Crippen molar-refractivity contribution in [3.8, 4) is 11.5 Å². The molecule has 0 aliphatic carbocycles. The molecule has 0 aliphatic heterocycles. The highest BCUT2D eigenvalue weighted by molar-refractivity contribution is 5.42. The molecule has 0 bridgehead atoms. The maximum absolute atomic E-state index is 11.7. The van der Waals surface area contributed by atoms with Gasteiger partial charge in [-0.05, 0) is 19.1 Å². The van der Waals surface area contributed by atoms with Crippen molar-refractivity contribution in [2.45, 2.75) is 13.1 Å². The van der Waals surface area contributed by atoms with Crippen LogP contribution in [0.15, 0.2) is 18.2 Å². The van der Waals surface area contributed by atoms with Crippen LogP contribution in [0, 0.1) is 6.92 Å². The van der Waals surface area contributed by atoms with E-state index in [1.165, 1.54) is 6.07 Å². The van der Waals surface area contributed by atoms with E-state index in [9.17, 15) is 18.3 Å². The van der Waals surface area contributed by atoms with E-state index in [1.54, 1.807) is 19.1 Å². The molecule has 0 fully saturated rings. The van der Waals surface area contributed by atoms with E-state index < -0.39 is 12.8 Å². The maximum Gasteiger partial charge on any atom is 0.411 e. The third-order valence-corrected chi connectivity index (χ3v) is 2.01. The lowest BCUT2D eigenvalue weighted by Crippen LogP contribution is -2.19. The molecule has 0 radical (unpaired) electrons. The molecule has 0 amide bonds. The SMILES string of the molecule is Cc1c(O)cccc1OCCOCC(F)(F)F. The van der Waals surface area contributed by atoms with Gasteiger partial charge in [0.1, 0.15) is 24.7 Å². The van der Waals surface area contributed by atoms with Gasteiger partial charge >= 0.3 is 6.18 Å². The van der Waals surface area contributed by atoms with Gasteiger partial charge in [-0.1, -0.05) is 6.07 Å². The van der Waals surface area contributed by atoms with Crippen molar-refractivity contribution in [1.29, 1.82) is 0 Å². The van der Waals surface area contributed by atoms with Crippen molar-refractivity contribution in [1.82, 2.24) is 0 Å². The summed E-state index contributed by atoms with van der Waals surface area (Å²) in [6.45, 7) is 0.214. The zero-order valence-corrected chi connectivity index (χ0v) is 9.25. The monoisotopic (exact) mass is 250 g/mol. The molecule has 17 heavy (non-hydrogen) atoms. The Bertz CT molecular complexity index is 363. The Morgan fingerprint density at radius 1 is 1.24 bits per heavy atom. The molecule has 1 N–H and O–H groups in total. The fraction of sp³-hybridized carbons (Fsp3) is 0.455. The number of hydrogen-bond donors (Lipinski definition) is 1. The number of phenols is 1. The van der Waals surface area contributed by atoms with Crippen LogP contribution in [0.3, 0.4) is 0 Å². The molecule has 0 aromatic heterocycles. The van der Waals surface area contributed by atoms with Gasteiger partial charge in [0, 0.05) is 5.56 Å². The van der Waals surface area contributed by atoms with Crippen molar-refractivity contribution in [3.63, 3.8) is 0 Å². The zero-order chi connectivity index (χ0) is 12.9. The molecule has 6 heteroatoms. The summed E-state index contributed by atoms with van der Waals surface area (Å²) in [4.78, 5) is 0. The third kappa shape index (κ3) is 4.95. The van der Waals surface area contributed by atoms with E-state index in [0.717, 1.165) is 0 Å². The average Bonchev–Trinajstić information content (AvgIpc) is 2.22. The van der Waals surface area contributed by atoms with Gasteiger partial charge in [0.25, 0.3) is 0 Å². The summed E-state index contributed by atoms with van der Waals surface area (Å²) in [5, 5.41) is 9.35. The number of alkyl halides is 3. The van der Waals surface area contributed by atoms with Crippen LogP contribution in [0.1, 0.15) is 5.56 Å². The van der Waals surface area contributed by atoms with Crippen LogP contribution in [0.5, 0.6) is 11.5 Å². The quantitative estimate of drug-likeness (QED) is 0.816. The summed E-state index contributed by atoms with van der Waals surface area (Å²) in [6.07, 6.45) is -4.32. The fourth-order valence-electron chi connectivity index (χ4n) is 1.16. The molecule has 3 nitrogen and oxygen atoms in total. The lowest BCUT2D eigenvalue weighted by Gasteiger charge is -2.11. The second kappa shape index (κ2) is 5.77. The molecular formula is C11H13F3O3. The fourth-order valence-corrected chi connectivity index (χ4v) is 1.16. The van der Waals surface area contributed by atoms with Gasteiger partial charge in [0.2, 0.25) is 0 Å². The molecule has 0 heterocycles. The Morgan fingerprint density at radius 2 is 1.94 bits per heavy atom. The topological polar surface area (TPSA) is 38.7 Å². The van der Waals surface area contributed by atoms with Crippen LogP contribution in [-0.4, -0.2) is 31.1 Å². The number of phenolic OH excluding ortho intramolecular Hbond substituents is 1. The van der Waals surface area contributed by atoms with Crippen molar-refractivity contribution in [2.75, 3.05) is 19.8 Å². The first kappa shape index (κ1) is 13.6. The number of halogens is 3. The Balaban J connectivity index is 2.29. The maximum atomic E-state index is 11.7. The predicted octanol–water partition coefficient (Wildman–Crippen LogP) is 2.66. The van der Waals surface area contributed by atoms with Crippen LogP contribution in [0.2, 0.25) is 0 Å². The van der Waals surface area contributed by atoms with Gasteiger partial charge in [-0.2, -0.15) is 13.2 Å². The van der Waals surface area contributed by atoms with Crippen molar-refractivity contribution in [3.05, 3.63) is 23.8 Å². The summed E-state index contributed by atoms with van der Waals surface area (Å²) in [6, 6.07) is 4.72. The predicted molar refractivity (Wildman–Crippen MR) is 55.2 cm³/mol. The molecule has 0 saturated carbocycles. The number of benzene rings is 1. The molecule has 96 valence electrons. The molecule has 0 atom stereocenters. The first-order chi connectivity index (χ1) is 7.90. The van der Waals surface area contributed by atoms with Crippen LogP contribution in [-0.2, 0) is 4.74 Å². The van der Waals surface area contributed by atoms with Gasteiger partial charge in [-0.3, -0.25) is 0 Å². The molecule has 1 rings (SSSR count). The standard InChI is InChI=1S/C11H13F3O3/c1-8-9(15)3-2-4-10(8)17-6-5-16-7-11(12,13)14/h2-4,15H,5-7H2,1H3. The summed E-state index contributed by atoms with van der Waals surface area (Å²) in [7, 11) is 0. The van der Waals surface area contributed by atoms with Crippen LogP contribution < -0.4 is 4.74 Å². The first-order valence-electron chi connectivity index (χ1n) is 4.96. The highest BCUT2D eigenvalue weighted by atomic mass is 19.4. The smallest absolute Gasteiger partial charge is 0.411 e.